The van der Waals surface area contributed by atoms with Crippen molar-refractivity contribution in [1.29, 1.82) is 0 Å². The molecule has 0 heterocycles. The van der Waals surface area contributed by atoms with Gasteiger partial charge in [-0.05, 0) is 36.4 Å². The van der Waals surface area contributed by atoms with E-state index in [-0.39, 0.29) is 0 Å². The smallest absolute Gasteiger partial charge is 0.191 e. The molecule has 1 aliphatic rings. The van der Waals surface area contributed by atoms with Crippen LogP contribution in [0.5, 0.6) is 0 Å². The zero-order chi connectivity index (χ0) is 11.0. The lowest BCUT2D eigenvalue weighted by Gasteiger charge is -2.36. The Kier molecular flexibility index (Phi) is 3.44. The van der Waals surface area contributed by atoms with Gasteiger partial charge in [0, 0.05) is 13.2 Å². The van der Waals surface area contributed by atoms with Crippen LogP contribution in [0.4, 0.5) is 0 Å². The molecule has 0 aliphatic heterocycles. The monoisotopic (exact) mass is 216 g/mol. The van der Waals surface area contributed by atoms with E-state index in [9.17, 15) is 0 Å². The van der Waals surface area contributed by atoms with Crippen molar-refractivity contribution in [3.05, 3.63) is 0 Å². The molecule has 0 spiro atoms. The van der Waals surface area contributed by atoms with Gasteiger partial charge in [-0.25, -0.2) is 0 Å². The van der Waals surface area contributed by atoms with Gasteiger partial charge in [-0.2, -0.15) is 0 Å². The molecule has 1 aliphatic carbocycles. The van der Waals surface area contributed by atoms with Crippen LogP contribution in [0.25, 0.3) is 0 Å². The fourth-order valence-corrected chi connectivity index (χ4v) is 2.33. The summed E-state index contributed by atoms with van der Waals surface area (Å²) in [6.45, 7) is 12.5. The van der Waals surface area contributed by atoms with E-state index < -0.39 is 8.32 Å². The lowest BCUT2D eigenvalue weighted by Crippen LogP contribution is -2.41. The van der Waals surface area contributed by atoms with E-state index in [1.165, 1.54) is 0 Å². The van der Waals surface area contributed by atoms with Crippen LogP contribution in [-0.4, -0.2) is 26.6 Å². The SMILES string of the molecule is CC(C)(C)[Si](C)(C)OC[C@H]1C[C@@H]1CO. The number of hydrogen-bond donors (Lipinski definition) is 1. The Morgan fingerprint density at radius 3 is 2.21 bits per heavy atom. The topological polar surface area (TPSA) is 29.5 Å². The minimum absolute atomic E-state index is 0.302. The molecule has 1 saturated carbocycles. The van der Waals surface area contributed by atoms with Gasteiger partial charge in [-0.15, -0.1) is 0 Å². The van der Waals surface area contributed by atoms with Crippen molar-refractivity contribution in [2.24, 2.45) is 11.8 Å². The number of rotatable bonds is 4. The number of aliphatic hydroxyl groups excluding tert-OH is 1. The molecule has 0 aromatic heterocycles. The molecule has 0 aromatic rings. The normalized spacial score (nSPS) is 27.9. The molecule has 0 saturated heterocycles. The van der Waals surface area contributed by atoms with Gasteiger partial charge in [0.2, 0.25) is 0 Å². The van der Waals surface area contributed by atoms with Gasteiger partial charge >= 0.3 is 0 Å². The molecular formula is C11H24O2Si. The molecule has 0 unspecified atom stereocenters. The fraction of sp³-hybridized carbons (Fsp3) is 1.00. The van der Waals surface area contributed by atoms with Crippen LogP contribution in [0.3, 0.4) is 0 Å². The highest BCUT2D eigenvalue weighted by molar-refractivity contribution is 6.74. The molecule has 2 nitrogen and oxygen atoms in total. The van der Waals surface area contributed by atoms with E-state index >= 15 is 0 Å². The number of aliphatic hydroxyl groups is 1. The molecule has 0 aromatic carbocycles. The van der Waals surface area contributed by atoms with Crippen molar-refractivity contribution in [2.75, 3.05) is 13.2 Å². The quantitative estimate of drug-likeness (QED) is 0.732. The third-order valence-electron chi connectivity index (χ3n) is 3.77. The zero-order valence-electron chi connectivity index (χ0n) is 10.1. The standard InChI is InChI=1S/C11H24O2Si/c1-11(2,3)14(4,5)13-8-10-6-9(10)7-12/h9-10,12H,6-8H2,1-5H3/t9-,10-/m1/s1. The van der Waals surface area contributed by atoms with Crippen molar-refractivity contribution in [2.45, 2.75) is 45.3 Å². The van der Waals surface area contributed by atoms with E-state index in [0.717, 1.165) is 13.0 Å². The molecule has 3 heteroatoms. The Bertz CT molecular complexity index is 196. The van der Waals surface area contributed by atoms with Gasteiger partial charge in [0.05, 0.1) is 0 Å². The summed E-state index contributed by atoms with van der Waals surface area (Å²) in [7, 11) is -1.55. The van der Waals surface area contributed by atoms with Crippen LogP contribution in [0.2, 0.25) is 18.1 Å². The minimum Gasteiger partial charge on any atom is -0.417 e. The zero-order valence-corrected chi connectivity index (χ0v) is 11.1. The van der Waals surface area contributed by atoms with Crippen LogP contribution in [0, 0.1) is 11.8 Å². The van der Waals surface area contributed by atoms with Crippen LogP contribution in [0.1, 0.15) is 27.2 Å². The van der Waals surface area contributed by atoms with E-state index in [1.807, 2.05) is 0 Å². The maximum atomic E-state index is 8.92. The third-order valence-corrected chi connectivity index (χ3v) is 8.27. The highest BCUT2D eigenvalue weighted by atomic mass is 28.4. The summed E-state index contributed by atoms with van der Waals surface area (Å²) in [6, 6.07) is 0. The molecule has 0 amide bonds. The summed E-state index contributed by atoms with van der Waals surface area (Å²) in [4.78, 5) is 0. The summed E-state index contributed by atoms with van der Waals surface area (Å²) in [5.41, 5.74) is 0. The maximum Gasteiger partial charge on any atom is 0.191 e. The van der Waals surface area contributed by atoms with Crippen molar-refractivity contribution in [1.82, 2.24) is 0 Å². The Morgan fingerprint density at radius 2 is 1.86 bits per heavy atom. The van der Waals surface area contributed by atoms with Crippen LogP contribution >= 0.6 is 0 Å². The molecule has 84 valence electrons. The van der Waals surface area contributed by atoms with Gasteiger partial charge in [-0.1, -0.05) is 20.8 Å². The van der Waals surface area contributed by atoms with Gasteiger partial charge in [0.25, 0.3) is 0 Å². The van der Waals surface area contributed by atoms with Crippen LogP contribution in [-0.2, 0) is 4.43 Å². The molecule has 1 N–H and O–H groups in total. The maximum absolute atomic E-state index is 8.92. The molecule has 2 atom stereocenters. The molecule has 0 radical (unpaired) electrons. The van der Waals surface area contributed by atoms with E-state index in [2.05, 4.69) is 33.9 Å². The van der Waals surface area contributed by atoms with Gasteiger partial charge in [0.15, 0.2) is 8.32 Å². The lowest BCUT2D eigenvalue weighted by molar-refractivity contribution is 0.232. The molecule has 14 heavy (non-hydrogen) atoms. The van der Waals surface area contributed by atoms with Crippen molar-refractivity contribution in [3.63, 3.8) is 0 Å². The van der Waals surface area contributed by atoms with E-state index in [0.29, 0.717) is 23.5 Å². The van der Waals surface area contributed by atoms with Gasteiger partial charge < -0.3 is 9.53 Å². The van der Waals surface area contributed by atoms with Gasteiger partial charge in [-0.3, -0.25) is 0 Å². The predicted molar refractivity (Wildman–Crippen MR) is 61.8 cm³/mol. The first-order chi connectivity index (χ1) is 6.28. The summed E-state index contributed by atoms with van der Waals surface area (Å²) >= 11 is 0. The second kappa shape index (κ2) is 3.95. The highest BCUT2D eigenvalue weighted by Gasteiger charge is 2.41. The Morgan fingerprint density at radius 1 is 1.29 bits per heavy atom. The molecule has 1 fully saturated rings. The summed E-state index contributed by atoms with van der Waals surface area (Å²) < 4.78 is 6.08. The molecular weight excluding hydrogens is 192 g/mol. The Hall–Kier alpha value is 0.137. The van der Waals surface area contributed by atoms with Crippen molar-refractivity contribution >= 4 is 8.32 Å². The first-order valence-corrected chi connectivity index (χ1v) is 8.43. The second-order valence-electron chi connectivity index (χ2n) is 6.01. The average molecular weight is 216 g/mol. The predicted octanol–water partition coefficient (Wildman–Crippen LogP) is 2.64. The molecule has 0 bridgehead atoms. The second-order valence-corrected chi connectivity index (χ2v) is 10.8. The van der Waals surface area contributed by atoms with Gasteiger partial charge in [0.1, 0.15) is 0 Å². The summed E-state index contributed by atoms with van der Waals surface area (Å²) in [5, 5.41) is 9.22. The summed E-state index contributed by atoms with van der Waals surface area (Å²) in [6.07, 6.45) is 1.16. The first kappa shape index (κ1) is 12.2. The highest BCUT2D eigenvalue weighted by Crippen LogP contribution is 2.41. The molecule has 1 rings (SSSR count). The first-order valence-electron chi connectivity index (χ1n) is 5.53. The lowest BCUT2D eigenvalue weighted by atomic mass is 10.2. The van der Waals surface area contributed by atoms with Crippen LogP contribution in [0.15, 0.2) is 0 Å². The minimum atomic E-state index is -1.55. The fourth-order valence-electron chi connectivity index (χ4n) is 1.27. The van der Waals surface area contributed by atoms with Crippen molar-refractivity contribution < 1.29 is 9.53 Å². The average Bonchev–Trinajstić information content (AvgIpc) is 2.77. The number of hydrogen-bond acceptors (Lipinski definition) is 2. The third kappa shape index (κ3) is 2.81. The largest absolute Gasteiger partial charge is 0.417 e. The summed E-state index contributed by atoms with van der Waals surface area (Å²) in [5.74, 6) is 1.16. The van der Waals surface area contributed by atoms with E-state index in [4.69, 9.17) is 9.53 Å². The Labute approximate surface area is 88.8 Å². The van der Waals surface area contributed by atoms with E-state index in [1.54, 1.807) is 0 Å². The van der Waals surface area contributed by atoms with Crippen molar-refractivity contribution in [3.8, 4) is 0 Å². The van der Waals surface area contributed by atoms with Crippen LogP contribution < -0.4 is 0 Å². The Balaban J connectivity index is 2.31.